The number of rotatable bonds is 1. The number of hydrogen-bond acceptors (Lipinski definition) is 1. The van der Waals surface area contributed by atoms with E-state index in [2.05, 4.69) is 56.3 Å². The third kappa shape index (κ3) is 2.06. The van der Waals surface area contributed by atoms with Gasteiger partial charge in [-0.25, -0.2) is 0 Å². The molecule has 19 heavy (non-hydrogen) atoms. The molecular formula is C18H22O. The Morgan fingerprint density at radius 3 is 2.58 bits per heavy atom. The second kappa shape index (κ2) is 4.64. The van der Waals surface area contributed by atoms with Crippen LogP contribution in [0, 0.1) is 11.8 Å². The summed E-state index contributed by atoms with van der Waals surface area (Å²) in [5, 5.41) is 13.6. The van der Waals surface area contributed by atoms with E-state index in [9.17, 15) is 5.11 Å². The summed E-state index contributed by atoms with van der Waals surface area (Å²) >= 11 is 0. The van der Waals surface area contributed by atoms with Gasteiger partial charge in [-0.3, -0.25) is 0 Å². The van der Waals surface area contributed by atoms with Crippen molar-refractivity contribution in [1.29, 1.82) is 0 Å². The molecule has 0 spiro atoms. The molecule has 1 aliphatic rings. The van der Waals surface area contributed by atoms with Crippen molar-refractivity contribution < 1.29 is 5.11 Å². The summed E-state index contributed by atoms with van der Waals surface area (Å²) in [5.41, 5.74) is 0.437. The summed E-state index contributed by atoms with van der Waals surface area (Å²) < 4.78 is 0. The highest BCUT2D eigenvalue weighted by atomic mass is 16.3. The Labute approximate surface area is 115 Å². The number of fused-ring (bicyclic) bond motifs is 1. The van der Waals surface area contributed by atoms with Crippen LogP contribution in [-0.2, 0) is 5.60 Å². The molecule has 1 aliphatic carbocycles. The lowest BCUT2D eigenvalue weighted by molar-refractivity contribution is -0.0687. The molecule has 2 aromatic rings. The van der Waals surface area contributed by atoms with Crippen LogP contribution in [0.3, 0.4) is 0 Å². The van der Waals surface area contributed by atoms with Crippen molar-refractivity contribution in [3.8, 4) is 0 Å². The van der Waals surface area contributed by atoms with Crippen LogP contribution in [0.25, 0.3) is 10.8 Å². The zero-order valence-electron chi connectivity index (χ0n) is 11.8. The summed E-state index contributed by atoms with van der Waals surface area (Å²) in [7, 11) is 0. The second-order valence-corrected chi connectivity index (χ2v) is 6.14. The third-order valence-corrected chi connectivity index (χ3v) is 5.07. The largest absolute Gasteiger partial charge is 0.385 e. The van der Waals surface area contributed by atoms with Crippen molar-refractivity contribution in [1.82, 2.24) is 0 Å². The molecule has 0 saturated heterocycles. The first-order valence-electron chi connectivity index (χ1n) is 7.33. The Kier molecular flexibility index (Phi) is 3.10. The minimum absolute atomic E-state index is 0.322. The van der Waals surface area contributed by atoms with Crippen molar-refractivity contribution in [2.75, 3.05) is 0 Å². The van der Waals surface area contributed by atoms with Gasteiger partial charge in [0.15, 0.2) is 0 Å². The molecule has 3 unspecified atom stereocenters. The highest BCUT2D eigenvalue weighted by molar-refractivity contribution is 5.83. The molecule has 1 fully saturated rings. The first kappa shape index (κ1) is 12.7. The van der Waals surface area contributed by atoms with Crippen LogP contribution in [-0.4, -0.2) is 5.11 Å². The average Bonchev–Trinajstić information content (AvgIpc) is 2.44. The monoisotopic (exact) mass is 254 g/mol. The molecule has 1 N–H and O–H groups in total. The Morgan fingerprint density at radius 2 is 1.79 bits per heavy atom. The quantitative estimate of drug-likeness (QED) is 0.795. The van der Waals surface area contributed by atoms with Gasteiger partial charge in [0.05, 0.1) is 5.60 Å². The molecule has 1 heteroatoms. The molecule has 0 aromatic heterocycles. The Hall–Kier alpha value is -1.34. The van der Waals surface area contributed by atoms with Crippen LogP contribution in [0.5, 0.6) is 0 Å². The standard InChI is InChI=1S/C18H22O/c1-13-6-5-11-18(19,14(13)2)17-10-9-15-7-3-4-8-16(15)12-17/h3-4,7-10,12-14,19H,5-6,11H2,1-2H3. The smallest absolute Gasteiger partial charge is 0.0924 e. The first-order valence-corrected chi connectivity index (χ1v) is 7.33. The van der Waals surface area contributed by atoms with Crippen molar-refractivity contribution in [3.05, 3.63) is 48.0 Å². The highest BCUT2D eigenvalue weighted by Crippen LogP contribution is 2.44. The second-order valence-electron chi connectivity index (χ2n) is 6.14. The predicted molar refractivity (Wildman–Crippen MR) is 80.0 cm³/mol. The average molecular weight is 254 g/mol. The maximum atomic E-state index is 11.1. The summed E-state index contributed by atoms with van der Waals surface area (Å²) in [6.45, 7) is 4.45. The molecule has 100 valence electrons. The van der Waals surface area contributed by atoms with Gasteiger partial charge in [-0.2, -0.15) is 0 Å². The van der Waals surface area contributed by atoms with Crippen molar-refractivity contribution in [2.24, 2.45) is 11.8 Å². The van der Waals surface area contributed by atoms with E-state index >= 15 is 0 Å². The Balaban J connectivity index is 2.07. The molecule has 3 atom stereocenters. The lowest BCUT2D eigenvalue weighted by Gasteiger charge is -2.42. The van der Waals surface area contributed by atoms with E-state index in [1.54, 1.807) is 0 Å². The SMILES string of the molecule is CC1CCCC(O)(c2ccc3ccccc3c2)C1C. The van der Waals surface area contributed by atoms with E-state index in [0.29, 0.717) is 11.8 Å². The maximum Gasteiger partial charge on any atom is 0.0924 e. The van der Waals surface area contributed by atoms with Gasteiger partial charge in [0.2, 0.25) is 0 Å². The van der Waals surface area contributed by atoms with Gasteiger partial charge in [-0.15, -0.1) is 0 Å². The minimum atomic E-state index is -0.651. The fourth-order valence-electron chi connectivity index (χ4n) is 3.51. The van der Waals surface area contributed by atoms with Gasteiger partial charge in [0, 0.05) is 0 Å². The van der Waals surface area contributed by atoms with Gasteiger partial charge >= 0.3 is 0 Å². The molecule has 0 heterocycles. The van der Waals surface area contributed by atoms with E-state index in [0.717, 1.165) is 18.4 Å². The number of benzene rings is 2. The molecule has 2 aromatic carbocycles. The fraction of sp³-hybridized carbons (Fsp3) is 0.444. The van der Waals surface area contributed by atoms with E-state index in [1.165, 1.54) is 17.2 Å². The van der Waals surface area contributed by atoms with Gasteiger partial charge in [0.25, 0.3) is 0 Å². The van der Waals surface area contributed by atoms with Crippen LogP contribution in [0.15, 0.2) is 42.5 Å². The highest BCUT2D eigenvalue weighted by Gasteiger charge is 2.41. The predicted octanol–water partition coefficient (Wildman–Crippen LogP) is 4.48. The zero-order valence-corrected chi connectivity index (χ0v) is 11.8. The topological polar surface area (TPSA) is 20.2 Å². The number of aliphatic hydroxyl groups is 1. The van der Waals surface area contributed by atoms with Crippen LogP contribution in [0.2, 0.25) is 0 Å². The van der Waals surface area contributed by atoms with E-state index in [-0.39, 0.29) is 0 Å². The molecule has 0 aliphatic heterocycles. The number of hydrogen-bond donors (Lipinski definition) is 1. The Bertz CT molecular complexity index is 589. The van der Waals surface area contributed by atoms with Crippen LogP contribution in [0.4, 0.5) is 0 Å². The summed E-state index contributed by atoms with van der Waals surface area (Å²) in [6.07, 6.45) is 3.24. The molecule has 0 amide bonds. The van der Waals surface area contributed by atoms with Crippen molar-refractivity contribution in [3.63, 3.8) is 0 Å². The molecule has 0 radical (unpaired) electrons. The molecular weight excluding hydrogens is 232 g/mol. The van der Waals surface area contributed by atoms with Crippen molar-refractivity contribution >= 4 is 10.8 Å². The lowest BCUT2D eigenvalue weighted by atomic mass is 9.67. The first-order chi connectivity index (χ1) is 9.11. The molecule has 1 nitrogen and oxygen atoms in total. The van der Waals surface area contributed by atoms with Gasteiger partial charge in [-0.05, 0) is 47.1 Å². The van der Waals surface area contributed by atoms with Crippen LogP contribution in [0.1, 0.15) is 38.7 Å². The van der Waals surface area contributed by atoms with Crippen LogP contribution < -0.4 is 0 Å². The van der Waals surface area contributed by atoms with E-state index in [4.69, 9.17) is 0 Å². The summed E-state index contributed by atoms with van der Waals surface area (Å²) in [6, 6.07) is 14.8. The normalized spacial score (nSPS) is 31.5. The van der Waals surface area contributed by atoms with Crippen molar-refractivity contribution in [2.45, 2.75) is 38.7 Å². The lowest BCUT2D eigenvalue weighted by Crippen LogP contribution is -2.40. The third-order valence-electron chi connectivity index (χ3n) is 5.07. The molecule has 3 rings (SSSR count). The molecule has 1 saturated carbocycles. The fourth-order valence-corrected chi connectivity index (χ4v) is 3.51. The van der Waals surface area contributed by atoms with Gasteiger partial charge < -0.3 is 5.11 Å². The molecule has 0 bridgehead atoms. The van der Waals surface area contributed by atoms with Crippen LogP contribution >= 0.6 is 0 Å². The zero-order chi connectivity index (χ0) is 13.5. The van der Waals surface area contributed by atoms with Gasteiger partial charge in [0.1, 0.15) is 0 Å². The Morgan fingerprint density at radius 1 is 1.05 bits per heavy atom. The summed E-state index contributed by atoms with van der Waals surface area (Å²) in [5.74, 6) is 0.910. The van der Waals surface area contributed by atoms with E-state index < -0.39 is 5.60 Å². The van der Waals surface area contributed by atoms with Gasteiger partial charge in [-0.1, -0.05) is 56.7 Å². The maximum absolute atomic E-state index is 11.1. The van der Waals surface area contributed by atoms with E-state index in [1.807, 2.05) is 0 Å². The minimum Gasteiger partial charge on any atom is -0.385 e. The summed E-state index contributed by atoms with van der Waals surface area (Å²) in [4.78, 5) is 0.